The van der Waals surface area contributed by atoms with Crippen LogP contribution in [0.25, 0.3) is 0 Å². The predicted molar refractivity (Wildman–Crippen MR) is 120 cm³/mol. The summed E-state index contributed by atoms with van der Waals surface area (Å²) in [6.07, 6.45) is -0.537. The highest BCUT2D eigenvalue weighted by molar-refractivity contribution is 6.31. The van der Waals surface area contributed by atoms with Crippen LogP contribution in [-0.2, 0) is 6.54 Å². The number of amides is 1. The number of aromatic nitrogens is 2. The molecule has 10 heteroatoms. The van der Waals surface area contributed by atoms with Gasteiger partial charge in [-0.05, 0) is 42.0 Å². The summed E-state index contributed by atoms with van der Waals surface area (Å²) in [5.74, 6) is 1.46. The van der Waals surface area contributed by atoms with Crippen molar-refractivity contribution in [1.29, 1.82) is 0 Å². The standard InChI is InChI=1S/C22H22Cl2N4O4/c23-16-4-6-17(7-5-16)32-18-3-1-2-15(12-18)13-26-8-10-27(11-9-26)22(31)28-14-19(24)20(25-28)21(29)30/h1-7,12,14,21,29-30H,8-11,13H2. The second kappa shape index (κ2) is 9.89. The van der Waals surface area contributed by atoms with Gasteiger partial charge in [0.15, 0.2) is 6.29 Å². The molecule has 1 aliphatic heterocycles. The van der Waals surface area contributed by atoms with Gasteiger partial charge in [0.05, 0.1) is 11.2 Å². The summed E-state index contributed by atoms with van der Waals surface area (Å²) >= 11 is 11.8. The monoisotopic (exact) mass is 476 g/mol. The van der Waals surface area contributed by atoms with Gasteiger partial charge in [-0.15, -0.1) is 0 Å². The molecule has 1 saturated heterocycles. The van der Waals surface area contributed by atoms with E-state index in [4.69, 9.17) is 27.9 Å². The zero-order chi connectivity index (χ0) is 22.7. The van der Waals surface area contributed by atoms with E-state index in [2.05, 4.69) is 10.00 Å². The van der Waals surface area contributed by atoms with E-state index in [1.54, 1.807) is 17.0 Å². The summed E-state index contributed by atoms with van der Waals surface area (Å²) in [6.45, 7) is 3.16. The number of aliphatic hydroxyl groups is 2. The summed E-state index contributed by atoms with van der Waals surface area (Å²) in [7, 11) is 0. The Kier molecular flexibility index (Phi) is 6.98. The van der Waals surface area contributed by atoms with Crippen molar-refractivity contribution in [2.24, 2.45) is 0 Å². The molecule has 4 rings (SSSR count). The van der Waals surface area contributed by atoms with E-state index in [1.807, 2.05) is 36.4 Å². The van der Waals surface area contributed by atoms with E-state index in [0.717, 1.165) is 22.5 Å². The van der Waals surface area contributed by atoms with Crippen LogP contribution in [0.5, 0.6) is 11.5 Å². The minimum Gasteiger partial charge on any atom is -0.457 e. The van der Waals surface area contributed by atoms with Crippen molar-refractivity contribution < 1.29 is 19.7 Å². The third kappa shape index (κ3) is 5.40. The number of aliphatic hydroxyl groups excluding tert-OH is 1. The summed E-state index contributed by atoms with van der Waals surface area (Å²) in [6, 6.07) is 14.8. The Balaban J connectivity index is 1.32. The maximum atomic E-state index is 12.7. The molecule has 1 amide bonds. The van der Waals surface area contributed by atoms with Crippen molar-refractivity contribution in [3.05, 3.63) is 76.0 Å². The maximum absolute atomic E-state index is 12.7. The van der Waals surface area contributed by atoms with Gasteiger partial charge < -0.3 is 19.8 Å². The van der Waals surface area contributed by atoms with Gasteiger partial charge in [-0.25, -0.2) is 4.79 Å². The highest BCUT2D eigenvalue weighted by Crippen LogP contribution is 2.25. The van der Waals surface area contributed by atoms with E-state index in [9.17, 15) is 15.0 Å². The number of carbonyl (C=O) groups is 1. The molecule has 8 nitrogen and oxygen atoms in total. The smallest absolute Gasteiger partial charge is 0.344 e. The van der Waals surface area contributed by atoms with Gasteiger partial charge in [-0.2, -0.15) is 9.78 Å². The topological polar surface area (TPSA) is 91.1 Å². The number of piperazine rings is 1. The van der Waals surface area contributed by atoms with Crippen LogP contribution < -0.4 is 4.74 Å². The fraction of sp³-hybridized carbons (Fsp3) is 0.273. The van der Waals surface area contributed by atoms with Gasteiger partial charge >= 0.3 is 6.03 Å². The first-order chi connectivity index (χ1) is 15.4. The molecule has 32 heavy (non-hydrogen) atoms. The molecule has 2 heterocycles. The number of ether oxygens (including phenoxy) is 1. The van der Waals surface area contributed by atoms with Gasteiger partial charge in [0.2, 0.25) is 0 Å². The first-order valence-corrected chi connectivity index (χ1v) is 10.8. The largest absolute Gasteiger partial charge is 0.457 e. The third-order valence-electron chi connectivity index (χ3n) is 5.13. The van der Waals surface area contributed by atoms with Crippen LogP contribution >= 0.6 is 23.2 Å². The van der Waals surface area contributed by atoms with Gasteiger partial charge in [-0.3, -0.25) is 4.90 Å². The molecule has 1 aliphatic rings. The normalized spacial score (nSPS) is 14.7. The number of hydrogen-bond acceptors (Lipinski definition) is 6. The zero-order valence-electron chi connectivity index (χ0n) is 17.1. The van der Waals surface area contributed by atoms with E-state index in [1.165, 1.54) is 6.20 Å². The van der Waals surface area contributed by atoms with Gasteiger partial charge in [-0.1, -0.05) is 35.3 Å². The average molecular weight is 477 g/mol. The van der Waals surface area contributed by atoms with Crippen molar-refractivity contribution in [2.45, 2.75) is 12.8 Å². The van der Waals surface area contributed by atoms with E-state index in [-0.39, 0.29) is 16.7 Å². The van der Waals surface area contributed by atoms with Crippen LogP contribution in [0.4, 0.5) is 4.79 Å². The van der Waals surface area contributed by atoms with E-state index in [0.29, 0.717) is 37.0 Å². The zero-order valence-corrected chi connectivity index (χ0v) is 18.6. The van der Waals surface area contributed by atoms with Crippen molar-refractivity contribution >= 4 is 29.2 Å². The first-order valence-electron chi connectivity index (χ1n) is 10.0. The lowest BCUT2D eigenvalue weighted by molar-refractivity contribution is -0.0460. The highest BCUT2D eigenvalue weighted by atomic mass is 35.5. The summed E-state index contributed by atoms with van der Waals surface area (Å²) in [5, 5.41) is 23.1. The fourth-order valence-corrected chi connectivity index (χ4v) is 3.84. The van der Waals surface area contributed by atoms with Crippen molar-refractivity contribution in [2.75, 3.05) is 26.2 Å². The number of benzene rings is 2. The molecule has 2 N–H and O–H groups in total. The minimum atomic E-state index is -1.83. The van der Waals surface area contributed by atoms with Crippen molar-refractivity contribution in [1.82, 2.24) is 19.6 Å². The molecule has 3 aromatic rings. The molecule has 1 aromatic heterocycles. The molecule has 1 fully saturated rings. The molecule has 0 radical (unpaired) electrons. The van der Waals surface area contributed by atoms with Gasteiger partial charge in [0.1, 0.15) is 17.2 Å². The quantitative estimate of drug-likeness (QED) is 0.544. The molecule has 0 aliphatic carbocycles. The molecular formula is C22H22Cl2N4O4. The number of nitrogens with zero attached hydrogens (tertiary/aromatic N) is 4. The maximum Gasteiger partial charge on any atom is 0.344 e. The third-order valence-corrected chi connectivity index (χ3v) is 5.68. The SMILES string of the molecule is O=C(N1CCN(Cc2cccc(Oc3ccc(Cl)cc3)c2)CC1)n1cc(Cl)c(C(O)O)n1. The summed E-state index contributed by atoms with van der Waals surface area (Å²) < 4.78 is 6.95. The van der Waals surface area contributed by atoms with Crippen molar-refractivity contribution in [3.63, 3.8) is 0 Å². The van der Waals surface area contributed by atoms with E-state index < -0.39 is 6.29 Å². The molecule has 0 unspecified atom stereocenters. The Morgan fingerprint density at radius 3 is 2.41 bits per heavy atom. The second-order valence-corrected chi connectivity index (χ2v) is 8.27. The van der Waals surface area contributed by atoms with Gasteiger partial charge in [0.25, 0.3) is 0 Å². The van der Waals surface area contributed by atoms with Crippen LogP contribution in [0, 0.1) is 0 Å². The number of halogens is 2. The number of carbonyl (C=O) groups excluding carboxylic acids is 1. The molecular weight excluding hydrogens is 455 g/mol. The summed E-state index contributed by atoms with van der Waals surface area (Å²) in [4.78, 5) is 16.6. The Hall–Kier alpha value is -2.62. The molecule has 0 saturated carbocycles. The number of rotatable bonds is 5. The molecule has 2 aromatic carbocycles. The van der Waals surface area contributed by atoms with Crippen LogP contribution in [0.3, 0.4) is 0 Å². The lowest BCUT2D eigenvalue weighted by Gasteiger charge is -2.34. The fourth-order valence-electron chi connectivity index (χ4n) is 3.49. The Bertz CT molecular complexity index is 1080. The van der Waals surface area contributed by atoms with Crippen LogP contribution in [0.15, 0.2) is 54.7 Å². The predicted octanol–water partition coefficient (Wildman–Crippen LogP) is 3.75. The van der Waals surface area contributed by atoms with Crippen LogP contribution in [0.1, 0.15) is 17.5 Å². The lowest BCUT2D eigenvalue weighted by Crippen LogP contribution is -2.49. The molecule has 0 spiro atoms. The Morgan fingerprint density at radius 2 is 1.75 bits per heavy atom. The van der Waals surface area contributed by atoms with Crippen LogP contribution in [0.2, 0.25) is 10.0 Å². The Morgan fingerprint density at radius 1 is 1.03 bits per heavy atom. The second-order valence-electron chi connectivity index (χ2n) is 7.43. The summed E-state index contributed by atoms with van der Waals surface area (Å²) in [5.41, 5.74) is 0.969. The first kappa shape index (κ1) is 22.6. The highest BCUT2D eigenvalue weighted by Gasteiger charge is 2.25. The number of hydrogen-bond donors (Lipinski definition) is 2. The van der Waals surface area contributed by atoms with Gasteiger partial charge in [0, 0.05) is 37.7 Å². The lowest BCUT2D eigenvalue weighted by atomic mass is 10.2. The average Bonchev–Trinajstić information content (AvgIpc) is 3.18. The molecule has 168 valence electrons. The van der Waals surface area contributed by atoms with Crippen LogP contribution in [-0.4, -0.2) is 62.0 Å². The minimum absolute atomic E-state index is 0.0349. The molecule has 0 bridgehead atoms. The molecule has 0 atom stereocenters. The van der Waals surface area contributed by atoms with E-state index >= 15 is 0 Å². The Labute approximate surface area is 195 Å². The van der Waals surface area contributed by atoms with Crippen molar-refractivity contribution in [3.8, 4) is 11.5 Å².